The van der Waals surface area contributed by atoms with Crippen LogP contribution in [0, 0.1) is 0 Å². The highest BCUT2D eigenvalue weighted by atomic mass is 32.2. The summed E-state index contributed by atoms with van der Waals surface area (Å²) in [7, 11) is 2.06. The van der Waals surface area contributed by atoms with E-state index in [9.17, 15) is 4.79 Å². The molecule has 3 N–H and O–H groups in total. The number of hydrogen-bond acceptors (Lipinski definition) is 6. The molecule has 0 atom stereocenters. The number of carbonyl (C=O) groups excluding carboxylic acids is 1. The lowest BCUT2D eigenvalue weighted by Crippen LogP contribution is -2.30. The average molecular weight is 274 g/mol. The summed E-state index contributed by atoms with van der Waals surface area (Å²) >= 11 is 3.17. The fraction of sp³-hybridized carbons (Fsp3) is 0.600. The van der Waals surface area contributed by atoms with Gasteiger partial charge in [0.1, 0.15) is 0 Å². The molecule has 1 amide bonds. The molecule has 7 heteroatoms. The maximum absolute atomic E-state index is 11.2. The number of aromatic nitrogens is 1. The minimum atomic E-state index is -0.328. The van der Waals surface area contributed by atoms with Gasteiger partial charge in [-0.2, -0.15) is 11.8 Å². The summed E-state index contributed by atoms with van der Waals surface area (Å²) < 4.78 is 0. The Balaban J connectivity index is 2.40. The third-order valence-corrected chi connectivity index (χ3v) is 3.78. The lowest BCUT2D eigenvalue weighted by molar-refractivity contribution is 0.0953. The Bertz CT molecular complexity index is 356. The second kappa shape index (κ2) is 7.65. The van der Waals surface area contributed by atoms with Gasteiger partial charge in [0.25, 0.3) is 5.91 Å². The molecule has 0 unspecified atom stereocenters. The number of carbonyl (C=O) groups is 1. The average Bonchev–Trinajstić information content (AvgIpc) is 2.77. The van der Waals surface area contributed by atoms with Crippen LogP contribution in [0.2, 0.25) is 0 Å². The monoisotopic (exact) mass is 274 g/mol. The molecular weight excluding hydrogens is 256 g/mol. The van der Waals surface area contributed by atoms with Crippen molar-refractivity contribution < 1.29 is 4.79 Å². The lowest BCUT2D eigenvalue weighted by Gasteiger charge is -2.14. The first kappa shape index (κ1) is 14.4. The first-order valence-electron chi connectivity index (χ1n) is 5.30. The molecule has 5 nitrogen and oxygen atoms in total. The molecule has 0 fully saturated rings. The van der Waals surface area contributed by atoms with Gasteiger partial charge in [0, 0.05) is 11.9 Å². The van der Waals surface area contributed by atoms with Gasteiger partial charge in [0.2, 0.25) is 0 Å². The topological polar surface area (TPSA) is 71.2 Å². The molecule has 0 spiro atoms. The van der Waals surface area contributed by atoms with Crippen molar-refractivity contribution in [3.8, 4) is 0 Å². The summed E-state index contributed by atoms with van der Waals surface area (Å²) in [6, 6.07) is 0. The standard InChI is InChI=1S/C10H18N4OS2/c1-14(4-3-5-16-2)6-8-7-17-10(12-8)9(15)13-11/h7H,3-6,11H2,1-2H3,(H,13,15). The Hall–Kier alpha value is -0.630. The number of nitrogen functional groups attached to an aromatic ring is 1. The third-order valence-electron chi connectivity index (χ3n) is 2.20. The molecule has 17 heavy (non-hydrogen) atoms. The lowest BCUT2D eigenvalue weighted by atomic mass is 10.4. The summed E-state index contributed by atoms with van der Waals surface area (Å²) in [5.41, 5.74) is 3.00. The fourth-order valence-electron chi connectivity index (χ4n) is 1.38. The van der Waals surface area contributed by atoms with E-state index in [1.807, 2.05) is 17.1 Å². The van der Waals surface area contributed by atoms with Gasteiger partial charge in [-0.25, -0.2) is 10.8 Å². The van der Waals surface area contributed by atoms with E-state index >= 15 is 0 Å². The number of amides is 1. The van der Waals surface area contributed by atoms with E-state index < -0.39 is 0 Å². The largest absolute Gasteiger partial charge is 0.300 e. The van der Waals surface area contributed by atoms with Crippen LogP contribution in [0.4, 0.5) is 0 Å². The van der Waals surface area contributed by atoms with E-state index in [1.54, 1.807) is 0 Å². The number of nitrogens with zero attached hydrogens (tertiary/aromatic N) is 2. The van der Waals surface area contributed by atoms with Crippen molar-refractivity contribution in [1.82, 2.24) is 15.3 Å². The Morgan fingerprint density at radius 2 is 2.47 bits per heavy atom. The van der Waals surface area contributed by atoms with E-state index in [-0.39, 0.29) is 5.91 Å². The maximum atomic E-state index is 11.2. The van der Waals surface area contributed by atoms with Crippen LogP contribution in [0.15, 0.2) is 5.38 Å². The zero-order chi connectivity index (χ0) is 12.7. The van der Waals surface area contributed by atoms with Gasteiger partial charge >= 0.3 is 0 Å². The summed E-state index contributed by atoms with van der Waals surface area (Å²) in [5.74, 6) is 5.89. The Labute approximate surface area is 110 Å². The second-order valence-corrected chi connectivity index (χ2v) is 5.55. The van der Waals surface area contributed by atoms with E-state index in [0.717, 1.165) is 25.2 Å². The van der Waals surface area contributed by atoms with Crippen molar-refractivity contribution in [2.75, 3.05) is 25.6 Å². The highest BCUT2D eigenvalue weighted by Crippen LogP contribution is 2.11. The van der Waals surface area contributed by atoms with Gasteiger partial charge in [-0.05, 0) is 32.0 Å². The Morgan fingerprint density at radius 3 is 3.12 bits per heavy atom. The van der Waals surface area contributed by atoms with Crippen molar-refractivity contribution in [1.29, 1.82) is 0 Å². The van der Waals surface area contributed by atoms with Crippen molar-refractivity contribution in [3.05, 3.63) is 16.1 Å². The number of hydrogen-bond donors (Lipinski definition) is 2. The molecule has 1 rings (SSSR count). The van der Waals surface area contributed by atoms with Crippen molar-refractivity contribution in [3.63, 3.8) is 0 Å². The molecule has 1 aromatic rings. The second-order valence-electron chi connectivity index (χ2n) is 3.70. The smallest absolute Gasteiger partial charge is 0.294 e. The number of nitrogens with one attached hydrogen (secondary N) is 1. The number of hydrazine groups is 1. The molecule has 0 aliphatic rings. The zero-order valence-corrected chi connectivity index (χ0v) is 11.7. The van der Waals surface area contributed by atoms with Crippen molar-refractivity contribution in [2.45, 2.75) is 13.0 Å². The predicted molar refractivity (Wildman–Crippen MR) is 73.1 cm³/mol. The van der Waals surface area contributed by atoms with Gasteiger partial charge in [-0.15, -0.1) is 11.3 Å². The van der Waals surface area contributed by atoms with Gasteiger partial charge in [0.05, 0.1) is 5.69 Å². The number of rotatable bonds is 7. The maximum Gasteiger partial charge on any atom is 0.294 e. The molecule has 0 aliphatic carbocycles. The molecule has 0 aromatic carbocycles. The molecule has 1 aromatic heterocycles. The number of thiazole rings is 1. The van der Waals surface area contributed by atoms with Crippen LogP contribution in [0.5, 0.6) is 0 Å². The summed E-state index contributed by atoms with van der Waals surface area (Å²) in [4.78, 5) is 17.7. The van der Waals surface area contributed by atoms with Gasteiger partial charge in [0.15, 0.2) is 5.01 Å². The molecule has 0 aliphatic heterocycles. The highest BCUT2D eigenvalue weighted by Gasteiger charge is 2.10. The Morgan fingerprint density at radius 1 is 1.71 bits per heavy atom. The van der Waals surface area contributed by atoms with Gasteiger partial charge in [-0.3, -0.25) is 10.2 Å². The van der Waals surface area contributed by atoms with Crippen LogP contribution in [0.25, 0.3) is 0 Å². The quantitative estimate of drug-likeness (QED) is 0.335. The number of thioether (sulfide) groups is 1. The minimum Gasteiger partial charge on any atom is -0.300 e. The van der Waals surface area contributed by atoms with Crippen molar-refractivity contribution in [2.24, 2.45) is 5.84 Å². The third kappa shape index (κ3) is 5.03. The molecule has 1 heterocycles. The number of nitrogens with two attached hydrogens (primary N) is 1. The van der Waals surface area contributed by atoms with E-state index in [0.29, 0.717) is 5.01 Å². The predicted octanol–water partition coefficient (Wildman–Crippen LogP) is 0.931. The SMILES string of the molecule is CSCCCN(C)Cc1csc(C(=O)NN)n1. The minimum absolute atomic E-state index is 0.328. The first-order valence-corrected chi connectivity index (χ1v) is 7.57. The molecule has 0 radical (unpaired) electrons. The highest BCUT2D eigenvalue weighted by molar-refractivity contribution is 7.98. The molecule has 0 bridgehead atoms. The van der Waals surface area contributed by atoms with Crippen LogP contribution in [0.3, 0.4) is 0 Å². The van der Waals surface area contributed by atoms with E-state index in [4.69, 9.17) is 5.84 Å². The van der Waals surface area contributed by atoms with Crippen LogP contribution in [-0.2, 0) is 6.54 Å². The van der Waals surface area contributed by atoms with Crippen LogP contribution >= 0.6 is 23.1 Å². The molecule has 96 valence electrons. The Kier molecular flexibility index (Phi) is 6.49. The van der Waals surface area contributed by atoms with Crippen LogP contribution in [-0.4, -0.2) is 41.4 Å². The van der Waals surface area contributed by atoms with Crippen LogP contribution < -0.4 is 11.3 Å². The summed E-state index contributed by atoms with van der Waals surface area (Å²) in [5, 5.41) is 2.32. The summed E-state index contributed by atoms with van der Waals surface area (Å²) in [6.07, 6.45) is 3.27. The molecule has 0 saturated carbocycles. The van der Waals surface area contributed by atoms with Crippen molar-refractivity contribution >= 4 is 29.0 Å². The zero-order valence-electron chi connectivity index (χ0n) is 10.1. The molecule has 0 saturated heterocycles. The van der Waals surface area contributed by atoms with Crippen LogP contribution in [0.1, 0.15) is 21.9 Å². The first-order chi connectivity index (χ1) is 8.17. The normalized spacial score (nSPS) is 10.8. The summed E-state index contributed by atoms with van der Waals surface area (Å²) in [6.45, 7) is 1.81. The van der Waals surface area contributed by atoms with E-state index in [1.165, 1.54) is 17.1 Å². The fourth-order valence-corrected chi connectivity index (χ4v) is 2.51. The van der Waals surface area contributed by atoms with Gasteiger partial charge < -0.3 is 4.90 Å². The molecular formula is C10H18N4OS2. The van der Waals surface area contributed by atoms with Gasteiger partial charge in [-0.1, -0.05) is 0 Å². The van der Waals surface area contributed by atoms with E-state index in [2.05, 4.69) is 28.6 Å².